The van der Waals surface area contributed by atoms with Gasteiger partial charge in [0.05, 0.1) is 0 Å². The van der Waals surface area contributed by atoms with Crippen molar-refractivity contribution >= 4 is 11.9 Å². The quantitative estimate of drug-likeness (QED) is 0.229. The highest BCUT2D eigenvalue weighted by atomic mass is 16.4. The Morgan fingerprint density at radius 1 is 0.389 bits per heavy atom. The summed E-state index contributed by atoms with van der Waals surface area (Å²) in [6.45, 7) is 50.7. The van der Waals surface area contributed by atoms with Gasteiger partial charge in [-0.1, -0.05) is 132 Å². The van der Waals surface area contributed by atoms with Crippen molar-refractivity contribution in [2.45, 2.75) is 279 Å². The number of carbonyl (C=O) groups is 2. The molecule has 0 aromatic carbocycles. The lowest BCUT2D eigenvalue weighted by atomic mass is 9.11. The van der Waals surface area contributed by atoms with Gasteiger partial charge in [-0.25, -0.2) is 0 Å². The first-order valence-corrected chi connectivity index (χ1v) is 31.5. The van der Waals surface area contributed by atoms with Gasteiger partial charge < -0.3 is 10.2 Å². The third-order valence-corrected chi connectivity index (χ3v) is 32.6. The topological polar surface area (TPSA) is 74.6 Å². The normalized spacial score (nSPS) is 53.7. The van der Waals surface area contributed by atoms with Gasteiger partial charge in [-0.15, -0.1) is 0 Å². The first kappa shape index (κ1) is 54.3. The van der Waals surface area contributed by atoms with Crippen molar-refractivity contribution in [1.82, 2.24) is 0 Å². The maximum absolute atomic E-state index is 11.6. The molecule has 2 N–H and O–H groups in total. The fourth-order valence-corrected chi connectivity index (χ4v) is 29.2. The minimum absolute atomic E-state index is 0.239. The fourth-order valence-electron chi connectivity index (χ4n) is 29.2. The molecule has 4 heteroatoms. The van der Waals surface area contributed by atoms with Crippen molar-refractivity contribution in [3.8, 4) is 0 Å². The van der Waals surface area contributed by atoms with Crippen molar-refractivity contribution in [2.75, 3.05) is 0 Å². The molecule has 4 nitrogen and oxygen atoms in total. The maximum atomic E-state index is 11.6. The summed E-state index contributed by atoms with van der Waals surface area (Å²) in [5, 5.41) is 17.5. The van der Waals surface area contributed by atoms with Gasteiger partial charge >= 0.3 is 11.9 Å². The third-order valence-electron chi connectivity index (χ3n) is 32.6. The molecule has 410 valence electrons. The predicted molar refractivity (Wildman–Crippen MR) is 297 cm³/mol. The van der Waals surface area contributed by atoms with Crippen LogP contribution in [-0.4, -0.2) is 22.2 Å². The first-order chi connectivity index (χ1) is 33.1. The Kier molecular flexibility index (Phi) is 11.9. The van der Waals surface area contributed by atoms with E-state index in [1.54, 1.807) is 19.3 Å². The van der Waals surface area contributed by atoms with E-state index in [1.165, 1.54) is 96.3 Å². The van der Waals surface area contributed by atoms with Crippen LogP contribution in [0.4, 0.5) is 0 Å². The van der Waals surface area contributed by atoms with Gasteiger partial charge in [0.25, 0.3) is 0 Å². The van der Waals surface area contributed by atoms with E-state index in [9.17, 15) is 14.7 Å². The van der Waals surface area contributed by atoms with Gasteiger partial charge in [0.15, 0.2) is 0 Å². The maximum Gasteiger partial charge on any atom is 0.303 e. The zero-order chi connectivity index (χ0) is 53.1. The average Bonchev–Trinajstić information content (AvgIpc) is 3.28. The molecule has 0 radical (unpaired) electrons. The molecule has 0 saturated heterocycles. The lowest BCUT2D eigenvalue weighted by molar-refractivity contribution is -0.456. The summed E-state index contributed by atoms with van der Waals surface area (Å²) < 4.78 is 0. The number of carboxylic acid groups (broad SMARTS) is 2. The second kappa shape index (κ2) is 15.8. The van der Waals surface area contributed by atoms with Crippen LogP contribution in [0.1, 0.15) is 279 Å². The van der Waals surface area contributed by atoms with Crippen LogP contribution in [0.5, 0.6) is 0 Å². The third kappa shape index (κ3) is 5.39. The number of fused-ring (bicyclic) bond motifs is 12. The van der Waals surface area contributed by atoms with Gasteiger partial charge in [-0.2, -0.15) is 0 Å². The molecular weight excluding hydrogens is 881 g/mol. The minimum atomic E-state index is -0.711. The summed E-state index contributed by atoms with van der Waals surface area (Å²) in [6, 6.07) is 0. The van der Waals surface area contributed by atoms with Crippen LogP contribution in [-0.2, 0) is 9.59 Å². The summed E-state index contributed by atoms with van der Waals surface area (Å²) >= 11 is 0. The molecule has 0 heterocycles. The highest BCUT2D eigenvalue weighted by Gasteiger charge is 2.92. The lowest BCUT2D eigenvalue weighted by Gasteiger charge is -2.93. The van der Waals surface area contributed by atoms with Gasteiger partial charge in [0, 0.05) is 12.8 Å². The van der Waals surface area contributed by atoms with E-state index >= 15 is 0 Å². The molecule has 0 spiro atoms. The molecule has 0 aromatic rings. The summed E-state index contributed by atoms with van der Waals surface area (Å²) in [5.74, 6) is 6.90. The first-order valence-electron chi connectivity index (χ1n) is 31.5. The van der Waals surface area contributed by atoms with Crippen LogP contribution >= 0.6 is 0 Å². The zero-order valence-corrected chi connectivity index (χ0v) is 50.7. The number of aliphatic carboxylic acids is 2. The zero-order valence-electron chi connectivity index (χ0n) is 50.7. The second-order valence-corrected chi connectivity index (χ2v) is 34.0. The molecule has 0 amide bonds. The minimum Gasteiger partial charge on any atom is -0.481 e. The van der Waals surface area contributed by atoms with E-state index in [4.69, 9.17) is 5.11 Å². The van der Waals surface area contributed by atoms with Crippen molar-refractivity contribution < 1.29 is 19.8 Å². The molecular formula is C68H114O4. The molecule has 18 unspecified atom stereocenters. The van der Waals surface area contributed by atoms with Crippen molar-refractivity contribution in [3.63, 3.8) is 0 Å². The second-order valence-electron chi connectivity index (χ2n) is 34.0. The standard InChI is InChI=1S/C34H56O2.C30H50.C4H8O2/c1-22-12-13-23-19-32(22,27(23,2)3)31(9)18-15-25-21-34(31,29(25,6)7)33-20-24(28(33,4)5)14-17-30(33,8)16-10-11-26(35)36;1-19-10-12-21-16-28(19,24(21,3)4)27(9)15-14-23-18-30(27,26(23,7)8)29-17-22(25(29,5)6)13-11-20(29)2;1-2-3-4(5)6/h22-25H,10-21H2,1-9H3,(H,35,36);19-23H,10-18H2,1-9H3;2-3H2,1H3,(H,5,6). The molecule has 0 aromatic heterocycles. The highest BCUT2D eigenvalue weighted by Crippen LogP contribution is 2.98. The molecule has 18 rings (SSSR count). The number of rotatable bonds is 10. The van der Waals surface area contributed by atoms with Crippen LogP contribution in [0.3, 0.4) is 0 Å². The van der Waals surface area contributed by atoms with Crippen molar-refractivity contribution in [3.05, 3.63) is 0 Å². The van der Waals surface area contributed by atoms with E-state index in [2.05, 4.69) is 125 Å². The van der Waals surface area contributed by atoms with Crippen LogP contribution in [0.2, 0.25) is 0 Å². The summed E-state index contributed by atoms with van der Waals surface area (Å²) in [5.41, 5.74) is 6.62. The van der Waals surface area contributed by atoms with Gasteiger partial charge in [0.1, 0.15) is 0 Å². The molecule has 18 fully saturated rings. The Hall–Kier alpha value is -1.06. The molecule has 18 atom stereocenters. The monoisotopic (exact) mass is 995 g/mol. The Morgan fingerprint density at radius 2 is 0.722 bits per heavy atom. The van der Waals surface area contributed by atoms with E-state index in [0.29, 0.717) is 88.7 Å². The molecule has 18 aliphatic carbocycles. The van der Waals surface area contributed by atoms with E-state index in [1.807, 2.05) is 6.92 Å². The molecule has 18 aliphatic rings. The summed E-state index contributed by atoms with van der Waals surface area (Å²) in [6.07, 6.45) is 29.7. The average molecular weight is 996 g/mol. The van der Waals surface area contributed by atoms with Gasteiger partial charge in [-0.3, -0.25) is 9.59 Å². The van der Waals surface area contributed by atoms with Crippen LogP contribution in [0.15, 0.2) is 0 Å². The van der Waals surface area contributed by atoms with Gasteiger partial charge in [0.2, 0.25) is 0 Å². The van der Waals surface area contributed by atoms with E-state index < -0.39 is 11.9 Å². The van der Waals surface area contributed by atoms with Crippen LogP contribution in [0, 0.1) is 134 Å². The fraction of sp³-hybridized carbons (Fsp3) is 0.971. The number of hydrogen-bond acceptors (Lipinski definition) is 2. The van der Waals surface area contributed by atoms with Crippen molar-refractivity contribution in [2.24, 2.45) is 134 Å². The van der Waals surface area contributed by atoms with Crippen molar-refractivity contribution in [1.29, 1.82) is 0 Å². The molecule has 0 aliphatic heterocycles. The Morgan fingerprint density at radius 3 is 1.06 bits per heavy atom. The Labute approximate surface area is 443 Å². The van der Waals surface area contributed by atoms with Crippen LogP contribution in [0.25, 0.3) is 0 Å². The molecule has 18 saturated carbocycles. The predicted octanol–water partition coefficient (Wildman–Crippen LogP) is 19.0. The number of carboxylic acids is 2. The summed E-state index contributed by atoms with van der Waals surface area (Å²) in [7, 11) is 0. The smallest absolute Gasteiger partial charge is 0.303 e. The Bertz CT molecular complexity index is 2190. The Balaban J connectivity index is 0.000000151. The lowest BCUT2D eigenvalue weighted by Crippen LogP contribution is -2.87. The molecule has 12 bridgehead atoms. The highest BCUT2D eigenvalue weighted by molar-refractivity contribution is 5.66. The SMILES string of the molecule is CC1CCC2CC1(C1(C)CCC3CC1(C14CC(CCC1(C)CCCC(=O)O)C4(C)C)C3(C)C)C2(C)C.CC1CCC2CC1(C1(C)CCC3CC1(C14CC(CCC1C)C4(C)C)C3(C)C)C2(C)C.CCCC(=O)O. The number of hydrogen-bond donors (Lipinski definition) is 2. The molecule has 72 heavy (non-hydrogen) atoms. The summed E-state index contributed by atoms with van der Waals surface area (Å²) in [4.78, 5) is 21.2. The van der Waals surface area contributed by atoms with E-state index in [0.717, 1.165) is 72.5 Å². The van der Waals surface area contributed by atoms with Crippen LogP contribution < -0.4 is 0 Å². The van der Waals surface area contributed by atoms with E-state index in [-0.39, 0.29) is 5.41 Å². The largest absolute Gasteiger partial charge is 0.481 e. The van der Waals surface area contributed by atoms with Gasteiger partial charge in [-0.05, 0) is 269 Å².